The molecule has 5 rings (SSSR count). The highest BCUT2D eigenvalue weighted by atomic mass is 16.6. The molecule has 1 saturated heterocycles. The Bertz CT molecular complexity index is 1750. The van der Waals surface area contributed by atoms with Crippen LogP contribution in [0, 0.1) is 13.8 Å². The van der Waals surface area contributed by atoms with Gasteiger partial charge in [0, 0.05) is 49.5 Å². The fourth-order valence-corrected chi connectivity index (χ4v) is 6.38. The van der Waals surface area contributed by atoms with Gasteiger partial charge in [-0.25, -0.2) is 9.78 Å². The first-order valence-electron chi connectivity index (χ1n) is 16.2. The number of esters is 1. The Morgan fingerprint density at radius 1 is 1.04 bits per heavy atom. The van der Waals surface area contributed by atoms with Gasteiger partial charge in [-0.3, -0.25) is 4.40 Å². The second-order valence-electron chi connectivity index (χ2n) is 12.6. The number of anilines is 1. The average Bonchev–Trinajstić information content (AvgIpc) is 3.49. The third kappa shape index (κ3) is 7.29. The Morgan fingerprint density at radius 3 is 2.47 bits per heavy atom. The van der Waals surface area contributed by atoms with E-state index in [1.807, 2.05) is 25.1 Å². The summed E-state index contributed by atoms with van der Waals surface area (Å²) < 4.78 is 25.5. The Kier molecular flexibility index (Phi) is 10.5. The zero-order valence-corrected chi connectivity index (χ0v) is 28.5. The van der Waals surface area contributed by atoms with Crippen molar-refractivity contribution in [1.82, 2.24) is 9.38 Å². The van der Waals surface area contributed by atoms with E-state index in [1.54, 1.807) is 6.08 Å². The molecule has 4 aromatic rings. The third-order valence-corrected chi connectivity index (χ3v) is 8.99. The molecule has 47 heavy (non-hydrogen) atoms. The maximum atomic E-state index is 13.0. The van der Waals surface area contributed by atoms with Crippen LogP contribution in [0.5, 0.6) is 5.75 Å². The van der Waals surface area contributed by atoms with Crippen molar-refractivity contribution in [3.05, 3.63) is 96.7 Å². The molecule has 0 N–H and O–H groups in total. The maximum Gasteiger partial charge on any atom is 0.339 e. The van der Waals surface area contributed by atoms with Crippen LogP contribution in [0.15, 0.2) is 80.0 Å². The highest BCUT2D eigenvalue weighted by Crippen LogP contribution is 2.39. The van der Waals surface area contributed by atoms with Gasteiger partial charge in [-0.2, -0.15) is 0 Å². The van der Waals surface area contributed by atoms with E-state index in [-0.39, 0.29) is 11.7 Å². The van der Waals surface area contributed by atoms with E-state index in [2.05, 4.69) is 85.8 Å². The van der Waals surface area contributed by atoms with Crippen LogP contribution in [0.25, 0.3) is 28.0 Å². The molecule has 8 heteroatoms. The highest BCUT2D eigenvalue weighted by molar-refractivity contribution is 5.81. The zero-order valence-electron chi connectivity index (χ0n) is 28.5. The molecule has 1 fully saturated rings. The molecule has 8 nitrogen and oxygen atoms in total. The van der Waals surface area contributed by atoms with Gasteiger partial charge in [0.15, 0.2) is 6.10 Å². The number of aryl methyl sites for hydroxylation is 2. The van der Waals surface area contributed by atoms with E-state index in [9.17, 15) is 4.79 Å². The van der Waals surface area contributed by atoms with Crippen molar-refractivity contribution in [1.29, 1.82) is 0 Å². The van der Waals surface area contributed by atoms with Crippen LogP contribution in [0.1, 0.15) is 55.9 Å². The number of methoxy groups -OCH3 is 2. The maximum absolute atomic E-state index is 13.0. The number of fused-ring (bicyclic) bond motifs is 1. The number of carbonyl (C=O) groups excluding carboxylic acids is 1. The van der Waals surface area contributed by atoms with Crippen molar-refractivity contribution in [3.63, 3.8) is 0 Å². The summed E-state index contributed by atoms with van der Waals surface area (Å²) in [6.07, 6.45) is 7.24. The van der Waals surface area contributed by atoms with Gasteiger partial charge in [0.2, 0.25) is 0 Å². The molecule has 2 aromatic carbocycles. The number of imidazole rings is 1. The molecular formula is C39H47N3O5. The summed E-state index contributed by atoms with van der Waals surface area (Å²) in [5.74, 6) is 1.27. The molecule has 0 amide bonds. The lowest BCUT2D eigenvalue weighted by Crippen LogP contribution is -2.45. The normalized spacial score (nSPS) is 15.7. The lowest BCUT2D eigenvalue weighted by Gasteiger charge is -2.41. The Balaban J connectivity index is 1.60. The second kappa shape index (κ2) is 14.6. The van der Waals surface area contributed by atoms with Gasteiger partial charge in [0.1, 0.15) is 17.2 Å². The number of hydrogen-bond acceptors (Lipinski definition) is 7. The van der Waals surface area contributed by atoms with Crippen LogP contribution < -0.4 is 9.64 Å². The minimum atomic E-state index is -0.887. The summed E-state index contributed by atoms with van der Waals surface area (Å²) in [7, 11) is 2.93. The number of ether oxygens (including phenoxy) is 4. The topological polar surface area (TPSA) is 74.5 Å². The molecule has 248 valence electrons. The summed E-state index contributed by atoms with van der Waals surface area (Å²) in [5, 5.41) is 0. The predicted molar refractivity (Wildman–Crippen MR) is 188 cm³/mol. The number of aromatic nitrogens is 2. The molecule has 3 heterocycles. The number of rotatable bonds is 13. The first kappa shape index (κ1) is 33.9. The van der Waals surface area contributed by atoms with Crippen LogP contribution in [0.3, 0.4) is 0 Å². The summed E-state index contributed by atoms with van der Waals surface area (Å²) in [4.78, 5) is 20.4. The first-order valence-corrected chi connectivity index (χ1v) is 16.2. The SMILES string of the molecule is C=CCOC1(C)CCN(c2c(C(OC)C(=O)OC)c(C)cc3nc(-c4cccc(-c5cc(C)ccc5OC(C)CC=C)c4)cn23)CC1. The van der Waals surface area contributed by atoms with E-state index in [0.29, 0.717) is 6.61 Å². The van der Waals surface area contributed by atoms with Crippen molar-refractivity contribution < 1.29 is 23.7 Å². The van der Waals surface area contributed by atoms with E-state index >= 15 is 0 Å². The molecule has 2 unspecified atom stereocenters. The highest BCUT2D eigenvalue weighted by Gasteiger charge is 2.35. The summed E-state index contributed by atoms with van der Waals surface area (Å²) in [6, 6.07) is 16.7. The van der Waals surface area contributed by atoms with E-state index in [4.69, 9.17) is 23.9 Å². The fraction of sp³-hybridized carbons (Fsp3) is 0.385. The number of carbonyl (C=O) groups is 1. The Labute approximate surface area is 278 Å². The zero-order chi connectivity index (χ0) is 33.7. The van der Waals surface area contributed by atoms with Crippen LogP contribution in [0.2, 0.25) is 0 Å². The van der Waals surface area contributed by atoms with Crippen LogP contribution >= 0.6 is 0 Å². The summed E-state index contributed by atoms with van der Waals surface area (Å²) in [6.45, 7) is 17.9. The van der Waals surface area contributed by atoms with Gasteiger partial charge in [0.25, 0.3) is 0 Å². The predicted octanol–water partition coefficient (Wildman–Crippen LogP) is 8.05. The number of piperidine rings is 1. The summed E-state index contributed by atoms with van der Waals surface area (Å²) in [5.41, 5.74) is 7.24. The number of hydrogen-bond donors (Lipinski definition) is 0. The molecule has 2 atom stereocenters. The first-order chi connectivity index (χ1) is 22.6. The quantitative estimate of drug-likeness (QED) is 0.108. The molecule has 0 spiro atoms. The standard InChI is InChI=1S/C39H47N3O5/c1-9-12-28(5)47-33-16-15-26(3)22-31(33)29-13-11-14-30(24-29)32-25-42-34(40-32)23-27(4)35(36(44-7)38(43)45-8)37(42)41-19-17-39(6,18-20-41)46-21-10-2/h9-11,13-16,22-25,28,36H,1-2,12,17-21H2,3-8H3. The van der Waals surface area contributed by atoms with Crippen LogP contribution in [-0.2, 0) is 19.0 Å². The fourth-order valence-electron chi connectivity index (χ4n) is 6.38. The number of nitrogens with zero attached hydrogens (tertiary/aromatic N) is 3. The van der Waals surface area contributed by atoms with Crippen LogP contribution in [-0.4, -0.2) is 61.0 Å². The number of pyridine rings is 1. The smallest absolute Gasteiger partial charge is 0.339 e. The largest absolute Gasteiger partial charge is 0.490 e. The molecule has 0 aliphatic carbocycles. The Hall–Kier alpha value is -4.40. The van der Waals surface area contributed by atoms with Gasteiger partial charge in [-0.15, -0.1) is 13.2 Å². The van der Waals surface area contributed by atoms with Crippen LogP contribution in [0.4, 0.5) is 5.82 Å². The molecule has 2 aromatic heterocycles. The molecule has 1 aliphatic heterocycles. The van der Waals surface area contributed by atoms with Crippen molar-refractivity contribution in [2.24, 2.45) is 0 Å². The van der Waals surface area contributed by atoms with Gasteiger partial charge in [-0.1, -0.05) is 42.0 Å². The van der Waals surface area contributed by atoms with Crippen molar-refractivity contribution in [2.75, 3.05) is 38.8 Å². The third-order valence-electron chi connectivity index (χ3n) is 8.99. The van der Waals surface area contributed by atoms with E-state index in [0.717, 1.165) is 88.6 Å². The lowest BCUT2D eigenvalue weighted by atomic mass is 9.92. The van der Waals surface area contributed by atoms with Crippen molar-refractivity contribution in [3.8, 4) is 28.1 Å². The average molecular weight is 638 g/mol. The lowest BCUT2D eigenvalue weighted by molar-refractivity contribution is -0.152. The summed E-state index contributed by atoms with van der Waals surface area (Å²) >= 11 is 0. The van der Waals surface area contributed by atoms with Crippen molar-refractivity contribution >= 4 is 17.4 Å². The second-order valence-corrected chi connectivity index (χ2v) is 12.6. The van der Waals surface area contributed by atoms with E-state index < -0.39 is 12.1 Å². The van der Waals surface area contributed by atoms with Gasteiger partial charge in [-0.05, 0) is 75.9 Å². The monoisotopic (exact) mass is 637 g/mol. The van der Waals surface area contributed by atoms with Gasteiger partial charge in [0.05, 0.1) is 31.1 Å². The minimum Gasteiger partial charge on any atom is -0.490 e. The van der Waals surface area contributed by atoms with Gasteiger partial charge >= 0.3 is 5.97 Å². The molecule has 1 aliphatic rings. The Morgan fingerprint density at radius 2 is 1.79 bits per heavy atom. The molecular weight excluding hydrogens is 590 g/mol. The van der Waals surface area contributed by atoms with E-state index in [1.165, 1.54) is 14.2 Å². The molecule has 0 bridgehead atoms. The van der Waals surface area contributed by atoms with Gasteiger partial charge < -0.3 is 23.8 Å². The molecule has 0 saturated carbocycles. The number of benzene rings is 2. The molecule has 0 radical (unpaired) electrons. The minimum absolute atomic E-state index is 0.00792. The van der Waals surface area contributed by atoms with Crippen molar-refractivity contribution in [2.45, 2.75) is 64.8 Å².